The van der Waals surface area contributed by atoms with Gasteiger partial charge in [0.15, 0.2) is 5.78 Å². The van der Waals surface area contributed by atoms with Crippen LogP contribution < -0.4 is 0 Å². The number of Topliss-reactive ketones (excluding diaryl/α,β-unsaturated/α-hetero) is 1. The van der Waals surface area contributed by atoms with Crippen LogP contribution in [0.5, 0.6) is 0 Å². The Morgan fingerprint density at radius 2 is 2.08 bits per heavy atom. The molecule has 68 valence electrons. The molecule has 1 aliphatic carbocycles. The van der Waals surface area contributed by atoms with E-state index in [0.29, 0.717) is 16.8 Å². The summed E-state index contributed by atoms with van der Waals surface area (Å²) in [4.78, 5) is 19.5. The normalized spacial score (nSPS) is 15.8. The van der Waals surface area contributed by atoms with Crippen LogP contribution in [0, 0.1) is 0 Å². The summed E-state index contributed by atoms with van der Waals surface area (Å²) in [5.74, 6) is 1.46. The van der Waals surface area contributed by atoms with Gasteiger partial charge >= 0.3 is 0 Å². The van der Waals surface area contributed by atoms with E-state index in [9.17, 15) is 4.79 Å². The second-order valence-electron chi connectivity index (χ2n) is 3.16. The lowest BCUT2D eigenvalue weighted by molar-refractivity contribution is 0.102. The Morgan fingerprint density at radius 3 is 2.54 bits per heavy atom. The van der Waals surface area contributed by atoms with Gasteiger partial charge in [0.25, 0.3) is 0 Å². The van der Waals surface area contributed by atoms with Crippen molar-refractivity contribution < 1.29 is 4.79 Å². The first-order chi connectivity index (χ1) is 6.31. The molecule has 0 aliphatic heterocycles. The molecule has 0 bridgehead atoms. The Morgan fingerprint density at radius 1 is 1.46 bits per heavy atom. The first-order valence-corrected chi connectivity index (χ1v) is 5.34. The fourth-order valence-corrected chi connectivity index (χ4v) is 1.44. The van der Waals surface area contributed by atoms with Crippen LogP contribution >= 0.6 is 15.9 Å². The zero-order chi connectivity index (χ0) is 9.26. The fourth-order valence-electron chi connectivity index (χ4n) is 1.11. The number of ketones is 1. The Labute approximate surface area is 84.7 Å². The number of hydrogen-bond acceptors (Lipinski definition) is 3. The average molecular weight is 241 g/mol. The number of hydrogen-bond donors (Lipinski definition) is 0. The van der Waals surface area contributed by atoms with Crippen molar-refractivity contribution in [1.82, 2.24) is 9.97 Å². The highest BCUT2D eigenvalue weighted by Crippen LogP contribution is 2.37. The van der Waals surface area contributed by atoms with Crippen LogP contribution in [0.3, 0.4) is 0 Å². The first-order valence-electron chi connectivity index (χ1n) is 4.22. The van der Waals surface area contributed by atoms with Crippen LogP contribution in [0.25, 0.3) is 0 Å². The molecule has 0 N–H and O–H groups in total. The molecule has 1 aromatic rings. The van der Waals surface area contributed by atoms with Crippen molar-refractivity contribution in [1.29, 1.82) is 0 Å². The molecule has 0 atom stereocenters. The topological polar surface area (TPSA) is 42.9 Å². The van der Waals surface area contributed by atoms with Gasteiger partial charge in [-0.25, -0.2) is 9.97 Å². The van der Waals surface area contributed by atoms with Gasteiger partial charge in [-0.3, -0.25) is 4.79 Å². The van der Waals surface area contributed by atoms with Gasteiger partial charge in [0.1, 0.15) is 5.82 Å². The van der Waals surface area contributed by atoms with Crippen LogP contribution in [-0.2, 0) is 0 Å². The van der Waals surface area contributed by atoms with Crippen LogP contribution in [0.1, 0.15) is 34.9 Å². The Balaban J connectivity index is 2.17. The summed E-state index contributed by atoms with van der Waals surface area (Å²) >= 11 is 3.11. The SMILES string of the molecule is O=C(CBr)c1cnc(C2CC2)nc1. The summed E-state index contributed by atoms with van der Waals surface area (Å²) < 4.78 is 0. The maximum atomic E-state index is 11.2. The van der Waals surface area contributed by atoms with Crippen molar-refractivity contribution in [2.45, 2.75) is 18.8 Å². The van der Waals surface area contributed by atoms with E-state index < -0.39 is 0 Å². The lowest BCUT2D eigenvalue weighted by Gasteiger charge is -1.97. The molecule has 13 heavy (non-hydrogen) atoms. The van der Waals surface area contributed by atoms with Crippen molar-refractivity contribution in [3.8, 4) is 0 Å². The largest absolute Gasteiger partial charge is 0.293 e. The standard InChI is InChI=1S/C9H9BrN2O/c10-3-8(13)7-4-11-9(12-5-7)6-1-2-6/h4-6H,1-3H2. The van der Waals surface area contributed by atoms with E-state index in [1.807, 2.05) is 0 Å². The highest BCUT2D eigenvalue weighted by molar-refractivity contribution is 9.09. The van der Waals surface area contributed by atoms with E-state index in [2.05, 4.69) is 25.9 Å². The lowest BCUT2D eigenvalue weighted by atomic mass is 10.2. The third-order valence-corrected chi connectivity index (χ3v) is 2.57. The zero-order valence-corrected chi connectivity index (χ0v) is 8.62. The molecule has 4 heteroatoms. The summed E-state index contributed by atoms with van der Waals surface area (Å²) in [7, 11) is 0. The van der Waals surface area contributed by atoms with Crippen molar-refractivity contribution in [2.75, 3.05) is 5.33 Å². The van der Waals surface area contributed by atoms with Crippen LogP contribution in [-0.4, -0.2) is 21.1 Å². The summed E-state index contributed by atoms with van der Waals surface area (Å²) in [6.07, 6.45) is 5.60. The summed E-state index contributed by atoms with van der Waals surface area (Å²) in [6, 6.07) is 0. The summed E-state index contributed by atoms with van der Waals surface area (Å²) in [5, 5.41) is 0.332. The van der Waals surface area contributed by atoms with Crippen molar-refractivity contribution in [3.05, 3.63) is 23.8 Å². The smallest absolute Gasteiger partial charge is 0.176 e. The zero-order valence-electron chi connectivity index (χ0n) is 7.03. The number of halogens is 1. The number of rotatable bonds is 3. The van der Waals surface area contributed by atoms with E-state index >= 15 is 0 Å². The summed E-state index contributed by atoms with van der Waals surface area (Å²) in [6.45, 7) is 0. The van der Waals surface area contributed by atoms with Crippen molar-refractivity contribution >= 4 is 21.7 Å². The van der Waals surface area contributed by atoms with Crippen LogP contribution in [0.4, 0.5) is 0 Å². The molecule has 3 nitrogen and oxygen atoms in total. The van der Waals surface area contributed by atoms with Crippen molar-refractivity contribution in [3.63, 3.8) is 0 Å². The molecule has 1 fully saturated rings. The van der Waals surface area contributed by atoms with Crippen LogP contribution in [0.2, 0.25) is 0 Å². The predicted octanol–water partition coefficient (Wildman–Crippen LogP) is 1.93. The number of alkyl halides is 1. The summed E-state index contributed by atoms with van der Waals surface area (Å²) in [5.41, 5.74) is 0.585. The molecule has 1 aromatic heterocycles. The van der Waals surface area contributed by atoms with E-state index in [1.165, 1.54) is 12.8 Å². The fraction of sp³-hybridized carbons (Fsp3) is 0.444. The van der Waals surface area contributed by atoms with Gasteiger partial charge in [-0.05, 0) is 12.8 Å². The number of nitrogens with zero attached hydrogens (tertiary/aromatic N) is 2. The van der Waals surface area contributed by atoms with Crippen LogP contribution in [0.15, 0.2) is 12.4 Å². The van der Waals surface area contributed by atoms with E-state index in [1.54, 1.807) is 12.4 Å². The van der Waals surface area contributed by atoms with E-state index in [-0.39, 0.29) is 5.78 Å². The monoisotopic (exact) mass is 240 g/mol. The second-order valence-corrected chi connectivity index (χ2v) is 3.72. The predicted molar refractivity (Wildman–Crippen MR) is 52.1 cm³/mol. The maximum Gasteiger partial charge on any atom is 0.176 e. The van der Waals surface area contributed by atoms with Gasteiger partial charge in [0.05, 0.1) is 10.9 Å². The molecule has 0 aromatic carbocycles. The Kier molecular flexibility index (Phi) is 2.40. The highest BCUT2D eigenvalue weighted by atomic mass is 79.9. The molecule has 0 amide bonds. The molecule has 0 spiro atoms. The minimum absolute atomic E-state index is 0.0300. The molecule has 0 radical (unpaired) electrons. The minimum atomic E-state index is 0.0300. The minimum Gasteiger partial charge on any atom is -0.293 e. The Bertz CT molecular complexity index is 319. The van der Waals surface area contributed by atoms with Gasteiger partial charge in [-0.1, -0.05) is 15.9 Å². The van der Waals surface area contributed by atoms with E-state index in [4.69, 9.17) is 0 Å². The molecule has 0 saturated heterocycles. The molecule has 1 saturated carbocycles. The average Bonchev–Trinajstić information content (AvgIpc) is 3.00. The molecular weight excluding hydrogens is 232 g/mol. The molecule has 0 unspecified atom stereocenters. The molecular formula is C9H9BrN2O. The molecule has 2 rings (SSSR count). The number of carbonyl (C=O) groups excluding carboxylic acids is 1. The highest BCUT2D eigenvalue weighted by Gasteiger charge is 2.26. The molecule has 1 heterocycles. The maximum absolute atomic E-state index is 11.2. The van der Waals surface area contributed by atoms with Gasteiger partial charge < -0.3 is 0 Å². The van der Waals surface area contributed by atoms with Gasteiger partial charge in [0, 0.05) is 18.3 Å². The third kappa shape index (κ3) is 1.94. The van der Waals surface area contributed by atoms with E-state index in [0.717, 1.165) is 5.82 Å². The lowest BCUT2D eigenvalue weighted by Crippen LogP contribution is -2.03. The number of carbonyl (C=O) groups is 1. The Hall–Kier alpha value is -0.770. The van der Waals surface area contributed by atoms with Crippen molar-refractivity contribution in [2.24, 2.45) is 0 Å². The quantitative estimate of drug-likeness (QED) is 0.599. The van der Waals surface area contributed by atoms with Gasteiger partial charge in [-0.2, -0.15) is 0 Å². The second kappa shape index (κ2) is 3.54. The van der Waals surface area contributed by atoms with Gasteiger partial charge in [0.2, 0.25) is 0 Å². The molecule has 1 aliphatic rings. The van der Waals surface area contributed by atoms with Gasteiger partial charge in [-0.15, -0.1) is 0 Å². The first kappa shape index (κ1) is 8.81. The number of aromatic nitrogens is 2. The third-order valence-electron chi connectivity index (χ3n) is 2.06.